The highest BCUT2D eigenvalue weighted by molar-refractivity contribution is 6.03. The smallest absolute Gasteiger partial charge is 0.277 e. The molecule has 1 aliphatic heterocycles. The van der Waals surface area contributed by atoms with Gasteiger partial charge in [-0.05, 0) is 36.8 Å². The summed E-state index contributed by atoms with van der Waals surface area (Å²) in [5.41, 5.74) is 1.38. The average molecular weight is 384 g/mol. The van der Waals surface area contributed by atoms with Gasteiger partial charge in [-0.15, -0.1) is 5.10 Å². The molecule has 0 bridgehead atoms. The number of aliphatic hydroxyl groups is 1. The van der Waals surface area contributed by atoms with Gasteiger partial charge in [0.25, 0.3) is 5.91 Å². The van der Waals surface area contributed by atoms with Gasteiger partial charge in [-0.2, -0.15) is 0 Å². The maximum absolute atomic E-state index is 13.6. The molecule has 0 saturated heterocycles. The van der Waals surface area contributed by atoms with Crippen LogP contribution in [0.25, 0.3) is 0 Å². The summed E-state index contributed by atoms with van der Waals surface area (Å²) in [7, 11) is 0. The number of carbonyl (C=O) groups is 1. The summed E-state index contributed by atoms with van der Waals surface area (Å²) in [5, 5.41) is 20.7. The first-order chi connectivity index (χ1) is 13.5. The molecule has 9 heteroatoms. The lowest BCUT2D eigenvalue weighted by Crippen LogP contribution is -2.14. The highest BCUT2D eigenvalue weighted by Crippen LogP contribution is 2.34. The molecule has 0 saturated carbocycles. The van der Waals surface area contributed by atoms with Gasteiger partial charge >= 0.3 is 0 Å². The maximum Gasteiger partial charge on any atom is 0.277 e. The zero-order chi connectivity index (χ0) is 19.7. The number of aliphatic hydroxyl groups excluding tert-OH is 1. The summed E-state index contributed by atoms with van der Waals surface area (Å²) >= 11 is 0. The van der Waals surface area contributed by atoms with Crippen molar-refractivity contribution in [3.8, 4) is 11.5 Å². The molecule has 2 N–H and O–H groups in total. The first-order valence-electron chi connectivity index (χ1n) is 8.55. The van der Waals surface area contributed by atoms with Crippen molar-refractivity contribution in [3.63, 3.8) is 0 Å². The number of hydrogen-bond donors (Lipinski definition) is 2. The lowest BCUT2D eigenvalue weighted by Gasteiger charge is -2.11. The van der Waals surface area contributed by atoms with Crippen molar-refractivity contribution in [1.29, 1.82) is 0 Å². The van der Waals surface area contributed by atoms with Crippen LogP contribution in [0.2, 0.25) is 0 Å². The molecular weight excluding hydrogens is 367 g/mol. The Balaban J connectivity index is 1.44. The SMILES string of the molecule is Cc1c(F)cccc1NC(=O)c1cn(CC(O)c2ccc3c(c2)OCO3)nn1. The topological polar surface area (TPSA) is 98.5 Å². The first kappa shape index (κ1) is 17.9. The Bertz CT molecular complexity index is 1040. The van der Waals surface area contributed by atoms with Crippen molar-refractivity contribution in [3.05, 3.63) is 65.2 Å². The number of amides is 1. The largest absolute Gasteiger partial charge is 0.454 e. The minimum Gasteiger partial charge on any atom is -0.454 e. The number of aromatic nitrogens is 3. The quantitative estimate of drug-likeness (QED) is 0.701. The molecule has 4 rings (SSSR count). The molecule has 2 heterocycles. The third-order valence-corrected chi connectivity index (χ3v) is 4.43. The normalized spacial score (nSPS) is 13.4. The monoisotopic (exact) mass is 384 g/mol. The van der Waals surface area contributed by atoms with Crippen LogP contribution in [-0.2, 0) is 6.54 Å². The molecule has 3 aromatic rings. The van der Waals surface area contributed by atoms with Crippen LogP contribution >= 0.6 is 0 Å². The van der Waals surface area contributed by atoms with Gasteiger partial charge in [-0.1, -0.05) is 17.3 Å². The van der Waals surface area contributed by atoms with E-state index in [0.29, 0.717) is 28.3 Å². The number of benzene rings is 2. The van der Waals surface area contributed by atoms with E-state index in [1.807, 2.05) is 0 Å². The van der Waals surface area contributed by atoms with Gasteiger partial charge in [-0.3, -0.25) is 4.79 Å². The van der Waals surface area contributed by atoms with Crippen molar-refractivity contribution < 1.29 is 23.8 Å². The molecule has 0 spiro atoms. The number of nitrogens with one attached hydrogen (secondary N) is 1. The second-order valence-corrected chi connectivity index (χ2v) is 6.32. The van der Waals surface area contributed by atoms with Crippen LogP contribution in [-0.4, -0.2) is 32.8 Å². The number of hydrogen-bond acceptors (Lipinski definition) is 6. The van der Waals surface area contributed by atoms with Crippen LogP contribution in [0.15, 0.2) is 42.6 Å². The number of fused-ring (bicyclic) bond motifs is 1. The number of halogens is 1. The van der Waals surface area contributed by atoms with E-state index in [2.05, 4.69) is 15.6 Å². The van der Waals surface area contributed by atoms with Gasteiger partial charge < -0.3 is 19.9 Å². The summed E-state index contributed by atoms with van der Waals surface area (Å²) in [6, 6.07) is 9.58. The number of anilines is 1. The molecule has 8 nitrogen and oxygen atoms in total. The number of rotatable bonds is 5. The van der Waals surface area contributed by atoms with E-state index in [-0.39, 0.29) is 19.0 Å². The first-order valence-corrected chi connectivity index (χ1v) is 8.55. The third kappa shape index (κ3) is 3.52. The molecule has 1 amide bonds. The Morgan fingerprint density at radius 2 is 2.14 bits per heavy atom. The Morgan fingerprint density at radius 3 is 3.00 bits per heavy atom. The molecule has 1 atom stereocenters. The maximum atomic E-state index is 13.6. The Hall–Kier alpha value is -3.46. The van der Waals surface area contributed by atoms with Crippen molar-refractivity contribution >= 4 is 11.6 Å². The molecule has 28 heavy (non-hydrogen) atoms. The fourth-order valence-corrected chi connectivity index (χ4v) is 2.82. The highest BCUT2D eigenvalue weighted by Gasteiger charge is 2.18. The molecule has 1 aromatic heterocycles. The van der Waals surface area contributed by atoms with Crippen LogP contribution in [0.4, 0.5) is 10.1 Å². The summed E-state index contributed by atoms with van der Waals surface area (Å²) in [6.45, 7) is 1.82. The Labute approximate surface area is 159 Å². The molecule has 0 radical (unpaired) electrons. The predicted octanol–water partition coefficient (Wildman–Crippen LogP) is 2.44. The van der Waals surface area contributed by atoms with Crippen LogP contribution < -0.4 is 14.8 Å². The zero-order valence-corrected chi connectivity index (χ0v) is 14.9. The van der Waals surface area contributed by atoms with Crippen molar-refractivity contribution in [2.75, 3.05) is 12.1 Å². The van der Waals surface area contributed by atoms with Gasteiger partial charge in [0.05, 0.1) is 18.8 Å². The van der Waals surface area contributed by atoms with E-state index in [1.54, 1.807) is 31.2 Å². The lowest BCUT2D eigenvalue weighted by molar-refractivity contribution is 0.102. The number of nitrogens with zero attached hydrogens (tertiary/aromatic N) is 3. The minimum absolute atomic E-state index is 0.0570. The molecule has 2 aromatic carbocycles. The molecule has 144 valence electrons. The van der Waals surface area contributed by atoms with Gasteiger partial charge in [0.1, 0.15) is 5.82 Å². The molecule has 0 fully saturated rings. The third-order valence-electron chi connectivity index (χ3n) is 4.43. The molecule has 1 unspecified atom stereocenters. The van der Waals surface area contributed by atoms with Crippen molar-refractivity contribution in [2.45, 2.75) is 19.6 Å². The van der Waals surface area contributed by atoms with Gasteiger partial charge in [0.15, 0.2) is 17.2 Å². The predicted molar refractivity (Wildman–Crippen MR) is 96.6 cm³/mol. The minimum atomic E-state index is -0.877. The van der Waals surface area contributed by atoms with Crippen LogP contribution in [0, 0.1) is 12.7 Å². The van der Waals surface area contributed by atoms with E-state index in [1.165, 1.54) is 23.0 Å². The van der Waals surface area contributed by atoms with Crippen molar-refractivity contribution in [1.82, 2.24) is 15.0 Å². The van der Waals surface area contributed by atoms with E-state index >= 15 is 0 Å². The zero-order valence-electron chi connectivity index (χ0n) is 14.9. The molecular formula is C19H17FN4O4. The van der Waals surface area contributed by atoms with E-state index in [4.69, 9.17) is 9.47 Å². The number of ether oxygens (including phenoxy) is 2. The summed E-state index contributed by atoms with van der Waals surface area (Å²) in [5.74, 6) is 0.273. The average Bonchev–Trinajstić information content (AvgIpc) is 3.34. The Morgan fingerprint density at radius 1 is 1.32 bits per heavy atom. The standard InChI is InChI=1S/C19H17FN4O4/c1-11-13(20)3-2-4-14(11)21-19(26)15-8-24(23-22-15)9-16(25)12-5-6-17-18(7-12)28-10-27-17/h2-8,16,25H,9-10H2,1H3,(H,21,26). The van der Waals surface area contributed by atoms with Crippen LogP contribution in [0.3, 0.4) is 0 Å². The van der Waals surface area contributed by atoms with Crippen molar-refractivity contribution in [2.24, 2.45) is 0 Å². The second-order valence-electron chi connectivity index (χ2n) is 6.32. The number of carbonyl (C=O) groups excluding carboxylic acids is 1. The summed E-state index contributed by atoms with van der Waals surface area (Å²) < 4.78 is 25.5. The summed E-state index contributed by atoms with van der Waals surface area (Å²) in [6.07, 6.45) is 0.540. The summed E-state index contributed by atoms with van der Waals surface area (Å²) in [4.78, 5) is 12.3. The fourth-order valence-electron chi connectivity index (χ4n) is 2.82. The van der Waals surface area contributed by atoms with Gasteiger partial charge in [0, 0.05) is 11.3 Å². The van der Waals surface area contributed by atoms with Crippen LogP contribution in [0.1, 0.15) is 27.7 Å². The van der Waals surface area contributed by atoms with E-state index < -0.39 is 17.8 Å². The molecule has 1 aliphatic rings. The fraction of sp³-hybridized carbons (Fsp3) is 0.211. The van der Waals surface area contributed by atoms with E-state index in [0.717, 1.165) is 0 Å². The Kier molecular flexibility index (Phi) is 4.66. The van der Waals surface area contributed by atoms with Gasteiger partial charge in [0.2, 0.25) is 6.79 Å². The van der Waals surface area contributed by atoms with Gasteiger partial charge in [-0.25, -0.2) is 9.07 Å². The van der Waals surface area contributed by atoms with Crippen LogP contribution in [0.5, 0.6) is 11.5 Å². The second kappa shape index (κ2) is 7.28. The lowest BCUT2D eigenvalue weighted by atomic mass is 10.1. The van der Waals surface area contributed by atoms with E-state index in [9.17, 15) is 14.3 Å². The molecule has 0 aliphatic carbocycles. The highest BCUT2D eigenvalue weighted by atomic mass is 19.1.